The average Bonchev–Trinajstić information content (AvgIpc) is 2.38. The molecular weight excluding hydrogens is 272 g/mol. The third kappa shape index (κ3) is 3.97. The average molecular weight is 295 g/mol. The van der Waals surface area contributed by atoms with Crippen LogP contribution in [0.5, 0.6) is 0 Å². The number of hydrogen-bond donors (Lipinski definition) is 1. The van der Waals surface area contributed by atoms with Crippen LogP contribution in [0.25, 0.3) is 0 Å². The highest BCUT2D eigenvalue weighted by atomic mass is 35.5. The third-order valence-electron chi connectivity index (χ3n) is 3.85. The van der Waals surface area contributed by atoms with Crippen LogP contribution < -0.4 is 5.32 Å². The number of halogens is 1. The molecule has 1 aliphatic heterocycles. The Morgan fingerprint density at radius 2 is 1.95 bits per heavy atom. The molecule has 3 nitrogen and oxygen atoms in total. The Morgan fingerprint density at radius 1 is 1.30 bits per heavy atom. The molecule has 1 saturated heterocycles. The van der Waals surface area contributed by atoms with Gasteiger partial charge >= 0.3 is 0 Å². The number of rotatable bonds is 3. The van der Waals surface area contributed by atoms with Gasteiger partial charge in [0, 0.05) is 30.1 Å². The first kappa shape index (κ1) is 15.3. The van der Waals surface area contributed by atoms with E-state index in [-0.39, 0.29) is 17.9 Å². The number of likely N-dealkylation sites (tertiary alicyclic amines) is 1. The molecule has 2 atom stereocenters. The van der Waals surface area contributed by atoms with E-state index in [1.54, 1.807) is 0 Å². The fourth-order valence-electron chi connectivity index (χ4n) is 2.77. The Balaban J connectivity index is 2.04. The van der Waals surface area contributed by atoms with E-state index in [1.165, 1.54) is 5.56 Å². The van der Waals surface area contributed by atoms with Gasteiger partial charge in [0.2, 0.25) is 5.91 Å². The van der Waals surface area contributed by atoms with E-state index in [0.717, 1.165) is 24.5 Å². The van der Waals surface area contributed by atoms with Crippen molar-refractivity contribution in [2.75, 3.05) is 20.1 Å². The fourth-order valence-corrected chi connectivity index (χ4v) is 2.89. The standard InChI is InChI=1S/C16H23ClN2O/c1-11(2)16(20)18-15-8-13(9-19(3)10-15)12-4-6-14(17)7-5-12/h4-7,11,13,15H,8-10H2,1-3H3,(H,18,20). The predicted molar refractivity (Wildman–Crippen MR) is 83.1 cm³/mol. The van der Waals surface area contributed by atoms with Crippen LogP contribution in [0.2, 0.25) is 5.02 Å². The number of nitrogens with one attached hydrogen (secondary N) is 1. The van der Waals surface area contributed by atoms with Crippen LogP contribution in [-0.4, -0.2) is 37.0 Å². The number of benzene rings is 1. The van der Waals surface area contributed by atoms with Crippen molar-refractivity contribution < 1.29 is 4.79 Å². The number of piperidine rings is 1. The van der Waals surface area contributed by atoms with Crippen molar-refractivity contribution in [3.63, 3.8) is 0 Å². The first-order valence-corrected chi connectivity index (χ1v) is 7.58. The lowest BCUT2D eigenvalue weighted by Crippen LogP contribution is -2.49. The fraction of sp³-hybridized carbons (Fsp3) is 0.562. The number of carbonyl (C=O) groups excluding carboxylic acids is 1. The number of likely N-dealkylation sites (N-methyl/N-ethyl adjacent to an activating group) is 1. The molecule has 0 radical (unpaired) electrons. The minimum absolute atomic E-state index is 0.0382. The number of hydrogen-bond acceptors (Lipinski definition) is 2. The highest BCUT2D eigenvalue weighted by Gasteiger charge is 2.27. The molecule has 1 aromatic carbocycles. The van der Waals surface area contributed by atoms with Gasteiger partial charge < -0.3 is 10.2 Å². The molecule has 2 rings (SSSR count). The highest BCUT2D eigenvalue weighted by molar-refractivity contribution is 6.30. The summed E-state index contributed by atoms with van der Waals surface area (Å²) in [5, 5.41) is 3.92. The van der Waals surface area contributed by atoms with E-state index >= 15 is 0 Å². The summed E-state index contributed by atoms with van der Waals surface area (Å²) in [4.78, 5) is 14.1. The number of carbonyl (C=O) groups is 1. The molecule has 1 fully saturated rings. The van der Waals surface area contributed by atoms with Gasteiger partial charge in [-0.15, -0.1) is 0 Å². The Hall–Kier alpha value is -1.06. The molecule has 0 saturated carbocycles. The molecule has 1 heterocycles. The summed E-state index contributed by atoms with van der Waals surface area (Å²) in [5.41, 5.74) is 1.30. The van der Waals surface area contributed by atoms with Crippen LogP contribution in [0.4, 0.5) is 0 Å². The van der Waals surface area contributed by atoms with Gasteiger partial charge in [0.25, 0.3) is 0 Å². The molecule has 0 aliphatic carbocycles. The van der Waals surface area contributed by atoms with E-state index in [4.69, 9.17) is 11.6 Å². The van der Waals surface area contributed by atoms with Crippen LogP contribution in [0.3, 0.4) is 0 Å². The van der Waals surface area contributed by atoms with Gasteiger partial charge in [-0.25, -0.2) is 0 Å². The molecule has 4 heteroatoms. The summed E-state index contributed by atoms with van der Waals surface area (Å²) in [6.07, 6.45) is 0.991. The van der Waals surface area contributed by atoms with Crippen molar-refractivity contribution in [2.45, 2.75) is 32.2 Å². The molecule has 20 heavy (non-hydrogen) atoms. The maximum Gasteiger partial charge on any atom is 0.222 e. The maximum absolute atomic E-state index is 11.9. The SMILES string of the molecule is CC(C)C(=O)NC1CC(c2ccc(Cl)cc2)CN(C)C1. The Labute approximate surface area is 126 Å². The van der Waals surface area contributed by atoms with Gasteiger partial charge in [0.1, 0.15) is 0 Å². The lowest BCUT2D eigenvalue weighted by Gasteiger charge is -2.36. The van der Waals surface area contributed by atoms with Crippen molar-refractivity contribution in [3.05, 3.63) is 34.9 Å². The molecular formula is C16H23ClN2O. The second-order valence-corrected chi connectivity index (χ2v) is 6.50. The topological polar surface area (TPSA) is 32.3 Å². The first-order chi connectivity index (χ1) is 9.45. The van der Waals surface area contributed by atoms with Gasteiger partial charge in [-0.3, -0.25) is 4.79 Å². The van der Waals surface area contributed by atoms with Crippen LogP contribution in [0.15, 0.2) is 24.3 Å². The molecule has 1 N–H and O–H groups in total. The van der Waals surface area contributed by atoms with Crippen molar-refractivity contribution in [1.82, 2.24) is 10.2 Å². The lowest BCUT2D eigenvalue weighted by atomic mass is 9.88. The van der Waals surface area contributed by atoms with Gasteiger partial charge in [-0.1, -0.05) is 37.6 Å². The second-order valence-electron chi connectivity index (χ2n) is 6.07. The first-order valence-electron chi connectivity index (χ1n) is 7.20. The normalized spacial score (nSPS) is 23.9. The second kappa shape index (κ2) is 6.59. The molecule has 0 spiro atoms. The lowest BCUT2D eigenvalue weighted by molar-refractivity contribution is -0.125. The van der Waals surface area contributed by atoms with E-state index in [0.29, 0.717) is 5.92 Å². The van der Waals surface area contributed by atoms with Crippen molar-refractivity contribution in [3.8, 4) is 0 Å². The van der Waals surface area contributed by atoms with E-state index in [9.17, 15) is 4.79 Å². The van der Waals surface area contributed by atoms with Crippen LogP contribution in [-0.2, 0) is 4.79 Å². The van der Waals surface area contributed by atoms with E-state index < -0.39 is 0 Å². The largest absolute Gasteiger partial charge is 0.352 e. The van der Waals surface area contributed by atoms with Crippen LogP contribution >= 0.6 is 11.6 Å². The Morgan fingerprint density at radius 3 is 2.55 bits per heavy atom. The smallest absolute Gasteiger partial charge is 0.222 e. The van der Waals surface area contributed by atoms with Crippen molar-refractivity contribution >= 4 is 17.5 Å². The molecule has 110 valence electrons. The molecule has 1 aliphatic rings. The molecule has 2 unspecified atom stereocenters. The highest BCUT2D eigenvalue weighted by Crippen LogP contribution is 2.27. The van der Waals surface area contributed by atoms with Crippen molar-refractivity contribution in [1.29, 1.82) is 0 Å². The van der Waals surface area contributed by atoms with Gasteiger partial charge in [-0.05, 0) is 37.1 Å². The van der Waals surface area contributed by atoms with Gasteiger partial charge in [0.15, 0.2) is 0 Å². The van der Waals surface area contributed by atoms with E-state index in [2.05, 4.69) is 29.4 Å². The Bertz CT molecular complexity index is 458. The summed E-state index contributed by atoms with van der Waals surface area (Å²) >= 11 is 5.94. The predicted octanol–water partition coefficient (Wildman–Crippen LogP) is 2.90. The summed E-state index contributed by atoms with van der Waals surface area (Å²) in [6.45, 7) is 5.80. The van der Waals surface area contributed by atoms with Gasteiger partial charge in [-0.2, -0.15) is 0 Å². The zero-order valence-electron chi connectivity index (χ0n) is 12.4. The maximum atomic E-state index is 11.9. The minimum atomic E-state index is 0.0382. The summed E-state index contributed by atoms with van der Waals surface area (Å²) in [5.74, 6) is 0.625. The molecule has 1 amide bonds. The van der Waals surface area contributed by atoms with Crippen LogP contribution in [0, 0.1) is 5.92 Å². The zero-order chi connectivity index (χ0) is 14.7. The Kier molecular flexibility index (Phi) is 5.06. The zero-order valence-corrected chi connectivity index (χ0v) is 13.2. The monoisotopic (exact) mass is 294 g/mol. The van der Waals surface area contributed by atoms with Crippen molar-refractivity contribution in [2.24, 2.45) is 5.92 Å². The molecule has 1 aromatic rings. The number of amides is 1. The third-order valence-corrected chi connectivity index (χ3v) is 4.10. The minimum Gasteiger partial charge on any atom is -0.352 e. The molecule has 0 aromatic heterocycles. The van der Waals surface area contributed by atoms with E-state index in [1.807, 2.05) is 26.0 Å². The summed E-state index contributed by atoms with van der Waals surface area (Å²) < 4.78 is 0. The van der Waals surface area contributed by atoms with Crippen LogP contribution in [0.1, 0.15) is 31.7 Å². The van der Waals surface area contributed by atoms with Gasteiger partial charge in [0.05, 0.1) is 0 Å². The number of nitrogens with zero attached hydrogens (tertiary/aromatic N) is 1. The summed E-state index contributed by atoms with van der Waals surface area (Å²) in [6, 6.07) is 8.28. The molecule has 0 bridgehead atoms. The summed E-state index contributed by atoms with van der Waals surface area (Å²) in [7, 11) is 2.11. The quantitative estimate of drug-likeness (QED) is 0.930.